The molecule has 21 heavy (non-hydrogen) atoms. The van der Waals surface area contributed by atoms with Crippen LogP contribution in [0, 0.1) is 0 Å². The van der Waals surface area contributed by atoms with Gasteiger partial charge in [-0.25, -0.2) is 4.98 Å². The van der Waals surface area contributed by atoms with Crippen molar-refractivity contribution >= 4 is 38.9 Å². The van der Waals surface area contributed by atoms with Crippen molar-refractivity contribution in [3.05, 3.63) is 46.8 Å². The molecule has 0 saturated carbocycles. The van der Waals surface area contributed by atoms with Crippen molar-refractivity contribution in [1.29, 1.82) is 0 Å². The van der Waals surface area contributed by atoms with Crippen LogP contribution in [0.2, 0.25) is 5.02 Å². The molecule has 2 heterocycles. The maximum absolute atomic E-state index is 6.50. The highest BCUT2D eigenvalue weighted by atomic mass is 35.5. The number of halogens is 1. The third-order valence-corrected chi connectivity index (χ3v) is 4.40. The number of aromatic nitrogens is 3. The minimum absolute atomic E-state index is 0.0309. The zero-order valence-corrected chi connectivity index (χ0v) is 13.1. The van der Waals surface area contributed by atoms with E-state index in [9.17, 15) is 0 Å². The van der Waals surface area contributed by atoms with E-state index in [1.165, 1.54) is 6.33 Å². The molecule has 1 aromatic carbocycles. The first-order valence-corrected chi connectivity index (χ1v) is 7.62. The quantitative estimate of drug-likeness (QED) is 0.419. The van der Waals surface area contributed by atoms with Gasteiger partial charge in [0.2, 0.25) is 5.84 Å². The number of hydrogen-bond donors (Lipinski definition) is 0. The highest BCUT2D eigenvalue weighted by molar-refractivity contribution is 7.21. The SMILES string of the molecule is CC(C)ON=C(c1sc2ccccc2c1Cl)n1cncn1. The second-order valence-electron chi connectivity index (χ2n) is 4.65. The molecule has 0 unspecified atom stereocenters. The average Bonchev–Trinajstić information content (AvgIpc) is 3.09. The molecule has 3 aromatic rings. The van der Waals surface area contributed by atoms with Gasteiger partial charge in [0.25, 0.3) is 0 Å². The van der Waals surface area contributed by atoms with Gasteiger partial charge in [-0.1, -0.05) is 35.0 Å². The number of rotatable bonds is 3. The summed E-state index contributed by atoms with van der Waals surface area (Å²) in [6, 6.07) is 7.95. The Kier molecular flexibility index (Phi) is 3.90. The Morgan fingerprint density at radius 2 is 2.19 bits per heavy atom. The second kappa shape index (κ2) is 5.83. The summed E-state index contributed by atoms with van der Waals surface area (Å²) in [7, 11) is 0. The first kappa shape index (κ1) is 14.0. The van der Waals surface area contributed by atoms with Crippen LogP contribution < -0.4 is 0 Å². The van der Waals surface area contributed by atoms with Crippen molar-refractivity contribution < 1.29 is 4.84 Å². The fourth-order valence-electron chi connectivity index (χ4n) is 1.82. The van der Waals surface area contributed by atoms with Crippen LogP contribution in [0.25, 0.3) is 10.1 Å². The molecule has 0 N–H and O–H groups in total. The van der Waals surface area contributed by atoms with E-state index in [2.05, 4.69) is 15.2 Å². The van der Waals surface area contributed by atoms with Crippen molar-refractivity contribution in [3.8, 4) is 0 Å². The minimum Gasteiger partial charge on any atom is -0.391 e. The lowest BCUT2D eigenvalue weighted by Gasteiger charge is -2.07. The van der Waals surface area contributed by atoms with E-state index in [4.69, 9.17) is 16.4 Å². The number of benzene rings is 1. The van der Waals surface area contributed by atoms with Gasteiger partial charge in [-0.2, -0.15) is 9.78 Å². The van der Waals surface area contributed by atoms with Crippen LogP contribution in [-0.2, 0) is 4.84 Å². The van der Waals surface area contributed by atoms with Gasteiger partial charge in [0.05, 0.1) is 9.90 Å². The van der Waals surface area contributed by atoms with Crippen LogP contribution in [0.1, 0.15) is 18.7 Å². The fourth-order valence-corrected chi connectivity index (χ4v) is 3.31. The third-order valence-electron chi connectivity index (χ3n) is 2.72. The normalized spacial score (nSPS) is 12.3. The number of fused-ring (bicyclic) bond motifs is 1. The van der Waals surface area contributed by atoms with Gasteiger partial charge in [-0.05, 0) is 19.9 Å². The summed E-state index contributed by atoms with van der Waals surface area (Å²) in [5.74, 6) is 0.535. The molecule has 5 nitrogen and oxygen atoms in total. The third kappa shape index (κ3) is 2.77. The zero-order chi connectivity index (χ0) is 14.8. The van der Waals surface area contributed by atoms with Gasteiger partial charge < -0.3 is 4.84 Å². The summed E-state index contributed by atoms with van der Waals surface area (Å²) in [6.07, 6.45) is 2.99. The maximum Gasteiger partial charge on any atom is 0.213 e. The molecule has 0 radical (unpaired) electrons. The van der Waals surface area contributed by atoms with Gasteiger partial charge in [0.15, 0.2) is 0 Å². The number of oxime groups is 1. The summed E-state index contributed by atoms with van der Waals surface area (Å²) < 4.78 is 2.65. The summed E-state index contributed by atoms with van der Waals surface area (Å²) in [6.45, 7) is 3.82. The van der Waals surface area contributed by atoms with Crippen molar-refractivity contribution in [2.75, 3.05) is 0 Å². The molecule has 0 bridgehead atoms. The Morgan fingerprint density at radius 3 is 2.86 bits per heavy atom. The van der Waals surface area contributed by atoms with Crippen LogP contribution in [0.4, 0.5) is 0 Å². The number of thiophene rings is 1. The van der Waals surface area contributed by atoms with E-state index in [1.807, 2.05) is 38.1 Å². The summed E-state index contributed by atoms with van der Waals surface area (Å²) in [4.78, 5) is 10.1. The Balaban J connectivity index is 2.14. The predicted octanol–water partition coefficient (Wildman–Crippen LogP) is 3.78. The molecule has 0 spiro atoms. The molecule has 7 heteroatoms. The summed E-state index contributed by atoms with van der Waals surface area (Å²) in [5, 5.41) is 9.97. The Hall–Kier alpha value is -1.92. The first-order valence-electron chi connectivity index (χ1n) is 6.43. The topological polar surface area (TPSA) is 52.3 Å². The molecule has 0 amide bonds. The van der Waals surface area contributed by atoms with Crippen LogP contribution in [0.5, 0.6) is 0 Å². The van der Waals surface area contributed by atoms with Crippen molar-refractivity contribution in [3.63, 3.8) is 0 Å². The average molecular weight is 321 g/mol. The van der Waals surface area contributed by atoms with Crippen LogP contribution in [0.3, 0.4) is 0 Å². The van der Waals surface area contributed by atoms with Crippen molar-refractivity contribution in [2.24, 2.45) is 5.16 Å². The first-order chi connectivity index (χ1) is 10.2. The molecular formula is C14H13ClN4OS. The van der Waals surface area contributed by atoms with Gasteiger partial charge in [-0.3, -0.25) is 0 Å². The Labute approximate surface area is 130 Å². The highest BCUT2D eigenvalue weighted by Crippen LogP contribution is 2.35. The number of hydrogen-bond acceptors (Lipinski definition) is 5. The van der Waals surface area contributed by atoms with E-state index in [0.717, 1.165) is 15.0 Å². The molecule has 0 fully saturated rings. The second-order valence-corrected chi connectivity index (χ2v) is 6.08. The molecule has 0 aliphatic heterocycles. The largest absolute Gasteiger partial charge is 0.391 e. The maximum atomic E-state index is 6.50. The smallest absolute Gasteiger partial charge is 0.213 e. The highest BCUT2D eigenvalue weighted by Gasteiger charge is 2.18. The summed E-state index contributed by atoms with van der Waals surface area (Å²) >= 11 is 8.05. The van der Waals surface area contributed by atoms with Crippen LogP contribution in [0.15, 0.2) is 42.1 Å². The zero-order valence-electron chi connectivity index (χ0n) is 11.5. The summed E-state index contributed by atoms with van der Waals surface area (Å²) in [5.41, 5.74) is 0. The molecule has 0 aliphatic carbocycles. The molecule has 0 saturated heterocycles. The molecular weight excluding hydrogens is 308 g/mol. The number of nitrogens with zero attached hydrogens (tertiary/aromatic N) is 4. The van der Waals surface area contributed by atoms with E-state index in [0.29, 0.717) is 10.9 Å². The van der Waals surface area contributed by atoms with Gasteiger partial charge >= 0.3 is 0 Å². The predicted molar refractivity (Wildman–Crippen MR) is 85.0 cm³/mol. The Bertz CT molecular complexity index is 779. The van der Waals surface area contributed by atoms with Crippen molar-refractivity contribution in [1.82, 2.24) is 14.8 Å². The monoisotopic (exact) mass is 320 g/mol. The van der Waals surface area contributed by atoms with E-state index >= 15 is 0 Å². The lowest BCUT2D eigenvalue weighted by atomic mass is 10.2. The van der Waals surface area contributed by atoms with Crippen LogP contribution in [-0.4, -0.2) is 26.7 Å². The van der Waals surface area contributed by atoms with Gasteiger partial charge in [0, 0.05) is 10.1 Å². The van der Waals surface area contributed by atoms with E-state index in [-0.39, 0.29) is 6.10 Å². The molecule has 0 aliphatic rings. The molecule has 3 rings (SSSR count). The Morgan fingerprint density at radius 1 is 1.38 bits per heavy atom. The fraction of sp³-hybridized carbons (Fsp3) is 0.214. The van der Waals surface area contributed by atoms with Crippen molar-refractivity contribution in [2.45, 2.75) is 20.0 Å². The van der Waals surface area contributed by atoms with Crippen LogP contribution >= 0.6 is 22.9 Å². The van der Waals surface area contributed by atoms with Gasteiger partial charge in [-0.15, -0.1) is 11.3 Å². The molecule has 108 valence electrons. The van der Waals surface area contributed by atoms with Gasteiger partial charge in [0.1, 0.15) is 18.8 Å². The van der Waals surface area contributed by atoms with E-state index < -0.39 is 0 Å². The standard InChI is InChI=1S/C14H13ClN4OS/c1-9(2)20-18-14(19-8-16-7-17-19)13-12(15)10-5-3-4-6-11(10)21-13/h3-9H,1-2H3. The molecule has 2 aromatic heterocycles. The lowest BCUT2D eigenvalue weighted by molar-refractivity contribution is 0.0852. The molecule has 0 atom stereocenters. The minimum atomic E-state index is -0.0309. The van der Waals surface area contributed by atoms with E-state index in [1.54, 1.807) is 22.3 Å². The lowest BCUT2D eigenvalue weighted by Crippen LogP contribution is -2.15.